The van der Waals surface area contributed by atoms with Gasteiger partial charge in [0, 0.05) is 45.9 Å². The molecule has 3 aliphatic heterocycles. The third-order valence-electron chi connectivity index (χ3n) is 9.00. The van der Waals surface area contributed by atoms with Crippen LogP contribution in [-0.2, 0) is 30.7 Å². The van der Waals surface area contributed by atoms with Crippen molar-refractivity contribution in [3.05, 3.63) is 82.7 Å². The monoisotopic (exact) mass is 577 g/mol. The Kier molecular flexibility index (Phi) is 7.43. The second kappa shape index (κ2) is 11.7. The minimum atomic E-state index is -0.931. The van der Waals surface area contributed by atoms with Crippen LogP contribution in [-0.4, -0.2) is 82.5 Å². The number of nitriles is 1. The Labute approximate surface area is 250 Å². The van der Waals surface area contributed by atoms with Gasteiger partial charge in [0.1, 0.15) is 17.5 Å². The molecule has 2 fully saturated rings. The van der Waals surface area contributed by atoms with Gasteiger partial charge in [-0.2, -0.15) is 5.26 Å². The first kappa shape index (κ1) is 27.4. The van der Waals surface area contributed by atoms with Crippen LogP contribution in [0.2, 0.25) is 0 Å². The number of ether oxygens (including phenoxy) is 1. The predicted molar refractivity (Wildman–Crippen MR) is 164 cm³/mol. The highest BCUT2D eigenvalue weighted by Gasteiger charge is 2.25. The molecule has 0 saturated carbocycles. The molecule has 1 unspecified atom stereocenters. The van der Waals surface area contributed by atoms with Crippen molar-refractivity contribution in [3.8, 4) is 6.07 Å². The van der Waals surface area contributed by atoms with Crippen LogP contribution in [0.5, 0.6) is 0 Å². The molecule has 0 bridgehead atoms. The van der Waals surface area contributed by atoms with E-state index in [1.165, 1.54) is 11.1 Å². The normalized spacial score (nSPS) is 19.0. The quantitative estimate of drug-likeness (QED) is 0.351. The minimum absolute atomic E-state index is 0.147. The molecule has 0 spiro atoms. The lowest BCUT2D eigenvalue weighted by molar-refractivity contribution is -0.0592. The number of imidazole rings is 1. The smallest absolute Gasteiger partial charge is 0.335 e. The SMILES string of the molecule is N#Cc1ccc2c(c1)CCN(c1cccc(N3CCN(Cc4nc5ccc(C(=O)O)cc5n4CC4CCO4)CC3)n1)CC2. The molecule has 2 aromatic carbocycles. The number of benzene rings is 2. The Morgan fingerprint density at radius 2 is 1.67 bits per heavy atom. The van der Waals surface area contributed by atoms with E-state index in [0.717, 1.165) is 99.2 Å². The minimum Gasteiger partial charge on any atom is -0.478 e. The van der Waals surface area contributed by atoms with Gasteiger partial charge >= 0.3 is 5.97 Å². The summed E-state index contributed by atoms with van der Waals surface area (Å²) in [6, 6.07) is 19.8. The summed E-state index contributed by atoms with van der Waals surface area (Å²) in [5.74, 6) is 2.02. The molecular formula is C33H35N7O3. The Morgan fingerprint density at radius 3 is 2.37 bits per heavy atom. The number of carboxylic acids is 1. The fraction of sp³-hybridized carbons (Fsp3) is 0.394. The fourth-order valence-corrected chi connectivity index (χ4v) is 6.39. The van der Waals surface area contributed by atoms with Gasteiger partial charge in [-0.05, 0) is 72.9 Å². The van der Waals surface area contributed by atoms with Gasteiger partial charge in [0.15, 0.2) is 0 Å². The number of anilines is 2. The number of fused-ring (bicyclic) bond motifs is 2. The van der Waals surface area contributed by atoms with Crippen molar-refractivity contribution in [2.75, 3.05) is 55.7 Å². The lowest BCUT2D eigenvalue weighted by Crippen LogP contribution is -2.46. The summed E-state index contributed by atoms with van der Waals surface area (Å²) in [5, 5.41) is 18.8. The van der Waals surface area contributed by atoms with Crippen LogP contribution in [0.4, 0.5) is 11.6 Å². The van der Waals surface area contributed by atoms with Gasteiger partial charge in [-0.1, -0.05) is 12.1 Å². The number of aromatic carboxylic acids is 1. The van der Waals surface area contributed by atoms with Crippen molar-refractivity contribution in [2.45, 2.75) is 38.5 Å². The number of carbonyl (C=O) groups is 1. The molecule has 2 aromatic heterocycles. The number of carboxylic acid groups (broad SMARTS) is 1. The zero-order valence-electron chi connectivity index (χ0n) is 24.2. The van der Waals surface area contributed by atoms with E-state index < -0.39 is 5.97 Å². The van der Waals surface area contributed by atoms with E-state index in [-0.39, 0.29) is 11.7 Å². The van der Waals surface area contributed by atoms with Crippen LogP contribution in [0, 0.1) is 11.3 Å². The van der Waals surface area contributed by atoms with Gasteiger partial charge in [-0.25, -0.2) is 14.8 Å². The zero-order valence-corrected chi connectivity index (χ0v) is 24.2. The van der Waals surface area contributed by atoms with Crippen LogP contribution < -0.4 is 9.80 Å². The molecule has 5 heterocycles. The third-order valence-corrected chi connectivity index (χ3v) is 9.00. The van der Waals surface area contributed by atoms with Crippen LogP contribution >= 0.6 is 0 Å². The molecular weight excluding hydrogens is 542 g/mol. The van der Waals surface area contributed by atoms with E-state index in [2.05, 4.69) is 49.6 Å². The average molecular weight is 578 g/mol. The molecule has 220 valence electrons. The molecule has 3 aliphatic rings. The lowest BCUT2D eigenvalue weighted by Gasteiger charge is -2.36. The lowest BCUT2D eigenvalue weighted by atomic mass is 10.0. The summed E-state index contributed by atoms with van der Waals surface area (Å²) < 4.78 is 7.87. The zero-order chi connectivity index (χ0) is 29.3. The highest BCUT2D eigenvalue weighted by molar-refractivity contribution is 5.92. The second-order valence-electron chi connectivity index (χ2n) is 11.6. The molecule has 0 radical (unpaired) electrons. The predicted octanol–water partition coefficient (Wildman–Crippen LogP) is 3.72. The van der Waals surface area contributed by atoms with Gasteiger partial charge in [0.25, 0.3) is 0 Å². The molecule has 4 aromatic rings. The Morgan fingerprint density at radius 1 is 0.930 bits per heavy atom. The van der Waals surface area contributed by atoms with Crippen molar-refractivity contribution in [1.29, 1.82) is 5.26 Å². The van der Waals surface area contributed by atoms with E-state index in [9.17, 15) is 15.2 Å². The molecule has 10 heteroatoms. The standard InChI is InChI=1S/C33H35N7O3/c34-20-23-4-5-24-8-11-38(12-9-25(24)18-23)30-2-1-3-31(36-30)39-15-13-37(14-16-39)22-32-35-28-7-6-26(33(41)42)19-29(28)40(32)21-27-10-17-43-27/h1-7,18-19,27H,8-17,21-22H2,(H,41,42). The highest BCUT2D eigenvalue weighted by atomic mass is 16.5. The molecule has 0 amide bonds. The van der Waals surface area contributed by atoms with Crippen LogP contribution in [0.25, 0.3) is 11.0 Å². The maximum atomic E-state index is 11.6. The van der Waals surface area contributed by atoms with Crippen molar-refractivity contribution < 1.29 is 14.6 Å². The van der Waals surface area contributed by atoms with Crippen molar-refractivity contribution in [2.24, 2.45) is 0 Å². The Hall–Kier alpha value is -4.46. The second-order valence-corrected chi connectivity index (χ2v) is 11.6. The summed E-state index contributed by atoms with van der Waals surface area (Å²) in [4.78, 5) is 28.8. The molecule has 2 saturated heterocycles. The molecule has 1 N–H and O–H groups in total. The first-order chi connectivity index (χ1) is 21.0. The number of nitrogens with zero attached hydrogens (tertiary/aromatic N) is 7. The number of aromatic nitrogens is 3. The third kappa shape index (κ3) is 5.66. The van der Waals surface area contributed by atoms with Crippen LogP contribution in [0.3, 0.4) is 0 Å². The van der Waals surface area contributed by atoms with Crippen LogP contribution in [0.15, 0.2) is 54.6 Å². The number of hydrogen-bond donors (Lipinski definition) is 1. The first-order valence-electron chi connectivity index (χ1n) is 15.1. The summed E-state index contributed by atoms with van der Waals surface area (Å²) in [5.41, 5.74) is 5.27. The van der Waals surface area contributed by atoms with Gasteiger partial charge in [0.2, 0.25) is 0 Å². The largest absolute Gasteiger partial charge is 0.478 e. The molecule has 10 nitrogen and oxygen atoms in total. The molecule has 1 atom stereocenters. The van der Waals surface area contributed by atoms with E-state index in [0.29, 0.717) is 13.1 Å². The molecule has 43 heavy (non-hydrogen) atoms. The topological polar surface area (TPSA) is 111 Å². The van der Waals surface area contributed by atoms with Gasteiger partial charge in [-0.15, -0.1) is 0 Å². The molecule has 0 aliphatic carbocycles. The summed E-state index contributed by atoms with van der Waals surface area (Å²) in [6.07, 6.45) is 3.01. The van der Waals surface area contributed by atoms with Gasteiger partial charge in [-0.3, -0.25) is 4.90 Å². The molecule has 7 rings (SSSR count). The van der Waals surface area contributed by atoms with E-state index in [4.69, 9.17) is 14.7 Å². The maximum absolute atomic E-state index is 11.6. The van der Waals surface area contributed by atoms with Gasteiger partial charge in [0.05, 0.1) is 47.4 Å². The maximum Gasteiger partial charge on any atom is 0.335 e. The average Bonchev–Trinajstić information content (AvgIpc) is 3.19. The Bertz CT molecular complexity index is 1700. The number of hydrogen-bond acceptors (Lipinski definition) is 8. The van der Waals surface area contributed by atoms with Crippen molar-refractivity contribution in [1.82, 2.24) is 19.4 Å². The highest BCUT2D eigenvalue weighted by Crippen LogP contribution is 2.26. The van der Waals surface area contributed by atoms with E-state index >= 15 is 0 Å². The summed E-state index contributed by atoms with van der Waals surface area (Å²) in [7, 11) is 0. The van der Waals surface area contributed by atoms with Gasteiger partial charge < -0.3 is 24.2 Å². The van der Waals surface area contributed by atoms with Crippen molar-refractivity contribution >= 4 is 28.6 Å². The summed E-state index contributed by atoms with van der Waals surface area (Å²) >= 11 is 0. The Balaban J connectivity index is 1.02. The van der Waals surface area contributed by atoms with E-state index in [1.54, 1.807) is 12.1 Å². The van der Waals surface area contributed by atoms with Crippen LogP contribution in [0.1, 0.15) is 39.3 Å². The number of rotatable bonds is 7. The van der Waals surface area contributed by atoms with Crippen molar-refractivity contribution in [3.63, 3.8) is 0 Å². The fourth-order valence-electron chi connectivity index (χ4n) is 6.39. The number of pyridine rings is 1. The summed E-state index contributed by atoms with van der Waals surface area (Å²) in [6.45, 7) is 7.46. The van der Waals surface area contributed by atoms with E-state index in [1.807, 2.05) is 18.2 Å². The number of piperazine rings is 1. The first-order valence-corrected chi connectivity index (χ1v) is 15.1.